The van der Waals surface area contributed by atoms with Crippen LogP contribution in [0.5, 0.6) is 0 Å². The molecule has 0 spiro atoms. The largest absolute Gasteiger partial charge is 0.234 e. The summed E-state index contributed by atoms with van der Waals surface area (Å²) in [6.07, 6.45) is 0. The molecule has 0 bridgehead atoms. The van der Waals surface area contributed by atoms with Crippen molar-refractivity contribution in [2.45, 2.75) is 39.4 Å². The second kappa shape index (κ2) is 5.08. The van der Waals surface area contributed by atoms with E-state index < -0.39 is 15.7 Å². The maximum absolute atomic E-state index is 13.7. The van der Waals surface area contributed by atoms with Crippen LogP contribution in [0.3, 0.4) is 0 Å². The van der Waals surface area contributed by atoms with Gasteiger partial charge in [0.15, 0.2) is 0 Å². The zero-order valence-corrected chi connectivity index (χ0v) is 11.7. The molecule has 0 heterocycles. The van der Waals surface area contributed by atoms with Gasteiger partial charge >= 0.3 is 0 Å². The van der Waals surface area contributed by atoms with Crippen LogP contribution in [0.1, 0.15) is 38.8 Å². The highest BCUT2D eigenvalue weighted by molar-refractivity contribution is 7.85. The van der Waals surface area contributed by atoms with Crippen LogP contribution in [0.4, 0.5) is 4.39 Å². The van der Waals surface area contributed by atoms with Crippen molar-refractivity contribution in [3.8, 4) is 0 Å². The van der Waals surface area contributed by atoms with E-state index in [1.54, 1.807) is 13.0 Å². The topological polar surface area (TPSA) is 29.4 Å². The third-order valence-corrected chi connectivity index (χ3v) is 3.81. The van der Waals surface area contributed by atoms with Crippen LogP contribution in [0.2, 0.25) is 0 Å². The normalized spacial score (nSPS) is 14.8. The Morgan fingerprint density at radius 1 is 1.35 bits per heavy atom. The summed E-state index contributed by atoms with van der Waals surface area (Å²) in [5.41, 5.74) is 1.73. The quantitative estimate of drug-likeness (QED) is 0.745. The summed E-state index contributed by atoms with van der Waals surface area (Å²) in [5.74, 6) is -0.322. The minimum absolute atomic E-state index is 0.322. The Kier molecular flexibility index (Phi) is 4.20. The van der Waals surface area contributed by atoms with Gasteiger partial charge in [0.05, 0.1) is 10.5 Å². The third-order valence-electron chi connectivity index (χ3n) is 2.33. The summed E-state index contributed by atoms with van der Waals surface area (Å²) in [6, 6.07) is 4.86. The molecule has 0 aliphatic rings. The molecule has 1 aromatic carbocycles. The van der Waals surface area contributed by atoms with Gasteiger partial charge in [0, 0.05) is 5.56 Å². The van der Waals surface area contributed by atoms with Crippen LogP contribution < -0.4 is 0 Å². The Bertz CT molecular complexity index is 455. The van der Waals surface area contributed by atoms with Gasteiger partial charge in [-0.25, -0.2) is 8.60 Å². The summed E-state index contributed by atoms with van der Waals surface area (Å²) in [7, 11) is -1.36. The molecule has 4 heteroatoms. The van der Waals surface area contributed by atoms with Crippen molar-refractivity contribution < 1.29 is 8.60 Å². The van der Waals surface area contributed by atoms with Crippen LogP contribution >= 0.6 is 0 Å². The van der Waals surface area contributed by atoms with Gasteiger partial charge in [-0.2, -0.15) is 4.40 Å². The molecule has 0 aromatic heterocycles. The molecule has 1 aromatic rings. The minimum Gasteiger partial charge on any atom is -0.234 e. The van der Waals surface area contributed by atoms with Crippen molar-refractivity contribution >= 4 is 16.7 Å². The van der Waals surface area contributed by atoms with E-state index in [2.05, 4.69) is 4.40 Å². The van der Waals surface area contributed by atoms with Gasteiger partial charge in [0.1, 0.15) is 16.8 Å². The smallest absolute Gasteiger partial charge is 0.145 e. The van der Waals surface area contributed by atoms with Gasteiger partial charge in [0.2, 0.25) is 0 Å². The first kappa shape index (κ1) is 14.0. The molecule has 0 aliphatic carbocycles. The van der Waals surface area contributed by atoms with Crippen LogP contribution in [0, 0.1) is 12.7 Å². The molecule has 0 saturated heterocycles. The predicted molar refractivity (Wildman–Crippen MR) is 71.2 cm³/mol. The van der Waals surface area contributed by atoms with Gasteiger partial charge in [-0.05, 0) is 46.2 Å². The molecule has 0 saturated carbocycles. The lowest BCUT2D eigenvalue weighted by molar-refractivity contribution is 0.624. The van der Waals surface area contributed by atoms with E-state index in [4.69, 9.17) is 0 Å². The molecule has 17 heavy (non-hydrogen) atoms. The molecule has 0 radical (unpaired) electrons. The lowest BCUT2D eigenvalue weighted by Gasteiger charge is -2.14. The molecular formula is C13H18FNOS. The van der Waals surface area contributed by atoms with E-state index in [1.807, 2.05) is 33.8 Å². The number of halogens is 1. The lowest BCUT2D eigenvalue weighted by Crippen LogP contribution is -2.21. The number of aryl methyl sites for hydroxylation is 1. The maximum Gasteiger partial charge on any atom is 0.145 e. The highest BCUT2D eigenvalue weighted by Crippen LogP contribution is 2.17. The van der Waals surface area contributed by atoms with Crippen molar-refractivity contribution in [3.05, 3.63) is 35.1 Å². The average Bonchev–Trinajstić information content (AvgIpc) is 2.15. The first-order chi connectivity index (χ1) is 7.73. The zero-order chi connectivity index (χ0) is 13.2. The molecule has 0 aliphatic heterocycles. The van der Waals surface area contributed by atoms with E-state index in [0.29, 0.717) is 11.3 Å². The van der Waals surface area contributed by atoms with Crippen LogP contribution in [-0.2, 0) is 11.0 Å². The first-order valence-corrected chi connectivity index (χ1v) is 6.57. The average molecular weight is 255 g/mol. The minimum atomic E-state index is -1.36. The molecule has 94 valence electrons. The second-order valence-electron chi connectivity index (χ2n) is 4.97. The number of hydrogen-bond acceptors (Lipinski definition) is 1. The molecule has 0 fully saturated rings. The van der Waals surface area contributed by atoms with Crippen molar-refractivity contribution in [3.63, 3.8) is 0 Å². The fourth-order valence-corrected chi connectivity index (χ4v) is 2.01. The maximum atomic E-state index is 13.7. The van der Waals surface area contributed by atoms with Crippen LogP contribution in [-0.4, -0.2) is 14.7 Å². The highest BCUT2D eigenvalue weighted by atomic mass is 32.2. The fourth-order valence-electron chi connectivity index (χ4n) is 1.40. The summed E-state index contributed by atoms with van der Waals surface area (Å²) >= 11 is 0. The molecule has 1 rings (SSSR count). The zero-order valence-electron chi connectivity index (χ0n) is 10.9. The standard InChI is InChI=1S/C13H18FNOS/c1-9-7-6-8-11(14)12(9)10(2)15-17(16)13(3,4)5/h6-8H,1-5H3/b15-10+/t17-/m0/s1. The first-order valence-electron chi connectivity index (χ1n) is 5.46. The molecular weight excluding hydrogens is 237 g/mol. The Morgan fingerprint density at radius 2 is 1.94 bits per heavy atom. The van der Waals surface area contributed by atoms with Crippen molar-refractivity contribution in [2.75, 3.05) is 0 Å². The molecule has 0 N–H and O–H groups in total. The van der Waals surface area contributed by atoms with Gasteiger partial charge in [-0.1, -0.05) is 12.1 Å². The summed E-state index contributed by atoms with van der Waals surface area (Å²) in [4.78, 5) is 0. The van der Waals surface area contributed by atoms with Crippen LogP contribution in [0.25, 0.3) is 0 Å². The summed E-state index contributed by atoms with van der Waals surface area (Å²) in [6.45, 7) is 9.03. The Labute approximate surface area is 105 Å². The molecule has 0 amide bonds. The second-order valence-corrected chi connectivity index (χ2v) is 6.88. The van der Waals surface area contributed by atoms with Gasteiger partial charge in [-0.15, -0.1) is 0 Å². The van der Waals surface area contributed by atoms with E-state index in [1.165, 1.54) is 6.07 Å². The number of nitrogens with zero attached hydrogens (tertiary/aromatic N) is 1. The SMILES string of the molecule is C/C(=N\[S@@](=O)C(C)(C)C)c1c(C)cccc1F. The van der Waals surface area contributed by atoms with Gasteiger partial charge < -0.3 is 0 Å². The Hall–Kier alpha value is -1.03. The van der Waals surface area contributed by atoms with E-state index >= 15 is 0 Å². The van der Waals surface area contributed by atoms with E-state index in [-0.39, 0.29) is 5.82 Å². The highest BCUT2D eigenvalue weighted by Gasteiger charge is 2.20. The Morgan fingerprint density at radius 3 is 2.41 bits per heavy atom. The van der Waals surface area contributed by atoms with Crippen molar-refractivity contribution in [1.82, 2.24) is 0 Å². The van der Waals surface area contributed by atoms with Crippen LogP contribution in [0.15, 0.2) is 22.6 Å². The fraction of sp³-hybridized carbons (Fsp3) is 0.462. The Balaban J connectivity index is 3.18. The summed E-state index contributed by atoms with van der Waals surface area (Å²) < 4.78 is 29.2. The van der Waals surface area contributed by atoms with E-state index in [0.717, 1.165) is 5.56 Å². The monoisotopic (exact) mass is 255 g/mol. The van der Waals surface area contributed by atoms with Crippen molar-refractivity contribution in [1.29, 1.82) is 0 Å². The third kappa shape index (κ3) is 3.46. The molecule has 0 unspecified atom stereocenters. The van der Waals surface area contributed by atoms with E-state index in [9.17, 15) is 8.60 Å². The van der Waals surface area contributed by atoms with Crippen molar-refractivity contribution in [2.24, 2.45) is 4.40 Å². The van der Waals surface area contributed by atoms with Gasteiger partial charge in [0.25, 0.3) is 0 Å². The number of rotatable bonds is 2. The predicted octanol–water partition coefficient (Wildman–Crippen LogP) is 3.41. The van der Waals surface area contributed by atoms with Gasteiger partial charge in [-0.3, -0.25) is 0 Å². The molecule has 2 nitrogen and oxygen atoms in total. The number of benzene rings is 1. The summed E-state index contributed by atoms with van der Waals surface area (Å²) in [5, 5.41) is 0. The number of hydrogen-bond donors (Lipinski definition) is 0. The lowest BCUT2D eigenvalue weighted by atomic mass is 10.0. The molecule has 1 atom stereocenters.